The van der Waals surface area contributed by atoms with Gasteiger partial charge in [-0.3, -0.25) is 4.79 Å². The Kier molecular flexibility index (Phi) is 5.83. The molecule has 0 aliphatic rings. The summed E-state index contributed by atoms with van der Waals surface area (Å²) >= 11 is 0. The first-order valence-corrected chi connectivity index (χ1v) is 5.53. The monoisotopic (exact) mass is 216 g/mol. The van der Waals surface area contributed by atoms with Crippen molar-refractivity contribution in [3.8, 4) is 0 Å². The Bertz CT molecular complexity index is 201. The van der Waals surface area contributed by atoms with Crippen LogP contribution < -0.4 is 11.1 Å². The van der Waals surface area contributed by atoms with Gasteiger partial charge in [-0.2, -0.15) is 0 Å². The van der Waals surface area contributed by atoms with Crippen LogP contribution in [0.25, 0.3) is 0 Å². The summed E-state index contributed by atoms with van der Waals surface area (Å²) in [7, 11) is 0. The van der Waals surface area contributed by atoms with Gasteiger partial charge in [-0.1, -0.05) is 20.8 Å². The molecule has 0 aliphatic heterocycles. The average Bonchev–Trinajstić information content (AvgIpc) is 2.23. The van der Waals surface area contributed by atoms with Gasteiger partial charge in [0, 0.05) is 6.54 Å². The lowest BCUT2D eigenvalue weighted by Gasteiger charge is -2.29. The second kappa shape index (κ2) is 6.08. The van der Waals surface area contributed by atoms with Crippen molar-refractivity contribution in [3.63, 3.8) is 0 Å². The van der Waals surface area contributed by atoms with E-state index in [0.29, 0.717) is 13.0 Å². The molecule has 0 bridgehead atoms. The van der Waals surface area contributed by atoms with E-state index in [4.69, 9.17) is 10.8 Å². The van der Waals surface area contributed by atoms with Crippen LogP contribution in [-0.4, -0.2) is 30.2 Å². The summed E-state index contributed by atoms with van der Waals surface area (Å²) in [5.41, 5.74) is 5.06. The van der Waals surface area contributed by atoms with Gasteiger partial charge in [-0.25, -0.2) is 0 Å². The highest BCUT2D eigenvalue weighted by molar-refractivity contribution is 5.82. The van der Waals surface area contributed by atoms with E-state index in [2.05, 4.69) is 5.32 Å². The average molecular weight is 216 g/mol. The smallest absolute Gasteiger partial charge is 0.227 e. The van der Waals surface area contributed by atoms with Crippen molar-refractivity contribution in [1.29, 1.82) is 0 Å². The van der Waals surface area contributed by atoms with Crippen molar-refractivity contribution >= 4 is 5.91 Å². The van der Waals surface area contributed by atoms with Crippen molar-refractivity contribution in [3.05, 3.63) is 0 Å². The number of aliphatic hydroxyl groups excluding tert-OH is 1. The maximum atomic E-state index is 11.9. The van der Waals surface area contributed by atoms with E-state index in [1.807, 2.05) is 27.7 Å². The minimum Gasteiger partial charge on any atom is -0.394 e. The fourth-order valence-electron chi connectivity index (χ4n) is 1.16. The molecule has 0 aromatic carbocycles. The Labute approximate surface area is 92.2 Å². The predicted molar refractivity (Wildman–Crippen MR) is 61.3 cm³/mol. The van der Waals surface area contributed by atoms with Gasteiger partial charge in [0.05, 0.1) is 18.1 Å². The molecule has 0 fully saturated rings. The van der Waals surface area contributed by atoms with E-state index in [0.717, 1.165) is 0 Å². The summed E-state index contributed by atoms with van der Waals surface area (Å²) < 4.78 is 0. The molecule has 4 nitrogen and oxygen atoms in total. The number of amides is 1. The molecule has 15 heavy (non-hydrogen) atoms. The summed E-state index contributed by atoms with van der Waals surface area (Å²) in [4.78, 5) is 11.9. The third kappa shape index (κ3) is 3.80. The third-order valence-electron chi connectivity index (χ3n) is 3.10. The van der Waals surface area contributed by atoms with Crippen LogP contribution in [0.4, 0.5) is 0 Å². The van der Waals surface area contributed by atoms with Gasteiger partial charge in [-0.15, -0.1) is 0 Å². The van der Waals surface area contributed by atoms with Crippen molar-refractivity contribution in [2.75, 3.05) is 13.2 Å². The highest BCUT2D eigenvalue weighted by Gasteiger charge is 2.31. The summed E-state index contributed by atoms with van der Waals surface area (Å²) in [6.45, 7) is 8.01. The summed E-state index contributed by atoms with van der Waals surface area (Å²) in [6.07, 6.45) is 0.700. The molecular weight excluding hydrogens is 192 g/mol. The van der Waals surface area contributed by atoms with Crippen LogP contribution in [0.1, 0.15) is 34.1 Å². The van der Waals surface area contributed by atoms with Crippen molar-refractivity contribution in [1.82, 2.24) is 5.32 Å². The van der Waals surface area contributed by atoms with Crippen LogP contribution in [-0.2, 0) is 4.79 Å². The molecule has 0 aromatic rings. The minimum atomic E-state index is -0.525. The molecule has 0 radical (unpaired) electrons. The van der Waals surface area contributed by atoms with E-state index in [-0.39, 0.29) is 24.5 Å². The molecule has 2 atom stereocenters. The first kappa shape index (κ1) is 14.4. The Morgan fingerprint density at radius 1 is 1.53 bits per heavy atom. The first-order chi connectivity index (χ1) is 6.91. The van der Waals surface area contributed by atoms with Gasteiger partial charge in [0.25, 0.3) is 0 Å². The maximum Gasteiger partial charge on any atom is 0.227 e. The minimum absolute atomic E-state index is 0.0340. The highest BCUT2D eigenvalue weighted by atomic mass is 16.3. The van der Waals surface area contributed by atoms with E-state index in [1.54, 1.807) is 0 Å². The van der Waals surface area contributed by atoms with E-state index in [1.165, 1.54) is 0 Å². The molecule has 90 valence electrons. The van der Waals surface area contributed by atoms with E-state index < -0.39 is 5.41 Å². The number of hydrogen-bond acceptors (Lipinski definition) is 3. The molecule has 0 aromatic heterocycles. The summed E-state index contributed by atoms with van der Waals surface area (Å²) in [5, 5.41) is 12.0. The van der Waals surface area contributed by atoms with Crippen LogP contribution in [0.15, 0.2) is 0 Å². The lowest BCUT2D eigenvalue weighted by Crippen LogP contribution is -2.50. The number of aliphatic hydroxyl groups is 1. The molecule has 1 amide bonds. The molecule has 0 spiro atoms. The van der Waals surface area contributed by atoms with E-state index in [9.17, 15) is 4.79 Å². The Balaban J connectivity index is 4.45. The maximum absolute atomic E-state index is 11.9. The molecule has 0 heterocycles. The molecular formula is C11H24N2O2. The Hall–Kier alpha value is -0.610. The number of carbonyl (C=O) groups is 1. The van der Waals surface area contributed by atoms with Gasteiger partial charge in [-0.05, 0) is 19.3 Å². The van der Waals surface area contributed by atoms with Crippen LogP contribution in [0.2, 0.25) is 0 Å². The second-order valence-electron chi connectivity index (χ2n) is 4.62. The fraction of sp³-hybridized carbons (Fsp3) is 0.909. The van der Waals surface area contributed by atoms with Crippen LogP contribution >= 0.6 is 0 Å². The molecule has 0 aliphatic carbocycles. The SMILES string of the molecule is CCC(C)(CN)C(=O)NC(CO)C(C)C. The Morgan fingerprint density at radius 2 is 2.07 bits per heavy atom. The summed E-state index contributed by atoms with van der Waals surface area (Å²) in [6, 6.07) is -0.185. The zero-order chi connectivity index (χ0) is 12.1. The van der Waals surface area contributed by atoms with Crippen LogP contribution in [0.5, 0.6) is 0 Å². The van der Waals surface area contributed by atoms with Crippen molar-refractivity contribution in [2.45, 2.75) is 40.2 Å². The molecule has 0 rings (SSSR count). The number of carbonyl (C=O) groups excluding carboxylic acids is 1. The lowest BCUT2D eigenvalue weighted by molar-refractivity contribution is -0.131. The largest absolute Gasteiger partial charge is 0.394 e. The fourth-order valence-corrected chi connectivity index (χ4v) is 1.16. The molecule has 0 saturated carbocycles. The standard InChI is InChI=1S/C11H24N2O2/c1-5-11(4,7-12)10(15)13-9(6-14)8(2)3/h8-9,14H,5-7,12H2,1-4H3,(H,13,15). The number of rotatable bonds is 6. The van der Waals surface area contributed by atoms with Gasteiger partial charge in [0.15, 0.2) is 0 Å². The highest BCUT2D eigenvalue weighted by Crippen LogP contribution is 2.19. The molecule has 2 unspecified atom stereocenters. The van der Waals surface area contributed by atoms with E-state index >= 15 is 0 Å². The number of hydrogen-bond donors (Lipinski definition) is 3. The zero-order valence-corrected chi connectivity index (χ0v) is 10.2. The predicted octanol–water partition coefficient (Wildman–Crippen LogP) is 0.495. The first-order valence-electron chi connectivity index (χ1n) is 5.53. The normalized spacial score (nSPS) is 17.3. The molecule has 0 saturated heterocycles. The zero-order valence-electron chi connectivity index (χ0n) is 10.2. The van der Waals surface area contributed by atoms with Gasteiger partial charge >= 0.3 is 0 Å². The number of nitrogens with one attached hydrogen (secondary N) is 1. The van der Waals surface area contributed by atoms with Gasteiger partial charge in [0.1, 0.15) is 0 Å². The quantitative estimate of drug-likeness (QED) is 0.605. The third-order valence-corrected chi connectivity index (χ3v) is 3.10. The summed E-state index contributed by atoms with van der Waals surface area (Å²) in [5.74, 6) is 0.151. The van der Waals surface area contributed by atoms with Crippen molar-refractivity contribution < 1.29 is 9.90 Å². The Morgan fingerprint density at radius 3 is 2.33 bits per heavy atom. The topological polar surface area (TPSA) is 75.4 Å². The van der Waals surface area contributed by atoms with Gasteiger partial charge < -0.3 is 16.2 Å². The van der Waals surface area contributed by atoms with Crippen molar-refractivity contribution in [2.24, 2.45) is 17.1 Å². The van der Waals surface area contributed by atoms with Crippen LogP contribution in [0, 0.1) is 11.3 Å². The second-order valence-corrected chi connectivity index (χ2v) is 4.62. The van der Waals surface area contributed by atoms with Gasteiger partial charge in [0.2, 0.25) is 5.91 Å². The molecule has 4 heteroatoms. The number of nitrogens with two attached hydrogens (primary N) is 1. The lowest BCUT2D eigenvalue weighted by atomic mass is 9.86. The van der Waals surface area contributed by atoms with Crippen LogP contribution in [0.3, 0.4) is 0 Å². The molecule has 4 N–H and O–H groups in total.